The van der Waals surface area contributed by atoms with E-state index in [4.69, 9.17) is 5.73 Å². The van der Waals surface area contributed by atoms with Crippen LogP contribution < -0.4 is 5.73 Å². The summed E-state index contributed by atoms with van der Waals surface area (Å²) in [5, 5.41) is 0. The molecule has 2 saturated heterocycles. The van der Waals surface area contributed by atoms with Gasteiger partial charge in [0, 0.05) is 12.6 Å². The van der Waals surface area contributed by atoms with Crippen LogP contribution in [0.1, 0.15) is 38.5 Å². The van der Waals surface area contributed by atoms with E-state index in [1.807, 2.05) is 4.90 Å². The molecule has 0 aromatic carbocycles. The van der Waals surface area contributed by atoms with E-state index in [2.05, 4.69) is 0 Å². The molecule has 2 fully saturated rings. The number of rotatable bonds is 0. The van der Waals surface area contributed by atoms with Crippen molar-refractivity contribution in [1.82, 2.24) is 4.90 Å². The van der Waals surface area contributed by atoms with Crippen LogP contribution in [0.25, 0.3) is 0 Å². The molecular weight excluding hydrogens is 164 g/mol. The second-order valence-corrected chi connectivity index (χ2v) is 4.22. The first-order chi connectivity index (χ1) is 6.29. The molecule has 0 bridgehead atoms. The third-order valence-corrected chi connectivity index (χ3v) is 3.28. The average Bonchev–Trinajstić information content (AvgIpc) is 2.29. The predicted octanol–water partition coefficient (Wildman–Crippen LogP) is 0.879. The first kappa shape index (κ1) is 9.00. The van der Waals surface area contributed by atoms with Crippen LogP contribution in [-0.2, 0) is 4.79 Å². The third-order valence-electron chi connectivity index (χ3n) is 3.28. The van der Waals surface area contributed by atoms with E-state index in [0.717, 1.165) is 25.8 Å². The zero-order valence-electron chi connectivity index (χ0n) is 8.04. The summed E-state index contributed by atoms with van der Waals surface area (Å²) in [4.78, 5) is 13.8. The first-order valence-corrected chi connectivity index (χ1v) is 5.35. The van der Waals surface area contributed by atoms with Gasteiger partial charge in [-0.15, -0.1) is 0 Å². The van der Waals surface area contributed by atoms with E-state index in [-0.39, 0.29) is 11.9 Å². The standard InChI is InChI=1S/C10H18N2O/c11-9-6-3-5-8-4-1-2-7-12(8)10(9)13/h8-9H,1-7,11H2/t8-,9+/m1/s1. The van der Waals surface area contributed by atoms with Gasteiger partial charge >= 0.3 is 0 Å². The molecule has 0 aliphatic carbocycles. The van der Waals surface area contributed by atoms with Crippen molar-refractivity contribution in [2.75, 3.05) is 6.54 Å². The van der Waals surface area contributed by atoms with Gasteiger partial charge in [-0.1, -0.05) is 0 Å². The lowest BCUT2D eigenvalue weighted by atomic mass is 9.99. The summed E-state index contributed by atoms with van der Waals surface area (Å²) in [5.41, 5.74) is 5.79. The molecule has 0 saturated carbocycles. The molecular formula is C10H18N2O. The number of fused-ring (bicyclic) bond motifs is 1. The van der Waals surface area contributed by atoms with Crippen LogP contribution in [0.4, 0.5) is 0 Å². The van der Waals surface area contributed by atoms with Gasteiger partial charge in [-0.05, 0) is 38.5 Å². The highest BCUT2D eigenvalue weighted by molar-refractivity contribution is 5.82. The molecule has 0 spiro atoms. The Morgan fingerprint density at radius 2 is 1.92 bits per heavy atom. The second-order valence-electron chi connectivity index (χ2n) is 4.22. The molecule has 13 heavy (non-hydrogen) atoms. The van der Waals surface area contributed by atoms with E-state index in [9.17, 15) is 4.79 Å². The lowest BCUT2D eigenvalue weighted by molar-refractivity contribution is -0.135. The molecule has 74 valence electrons. The number of amides is 1. The van der Waals surface area contributed by atoms with Crippen molar-refractivity contribution >= 4 is 5.91 Å². The highest BCUT2D eigenvalue weighted by Crippen LogP contribution is 2.25. The fraction of sp³-hybridized carbons (Fsp3) is 0.900. The molecule has 1 amide bonds. The molecule has 2 N–H and O–H groups in total. The fourth-order valence-electron chi connectivity index (χ4n) is 2.50. The van der Waals surface area contributed by atoms with Crippen LogP contribution >= 0.6 is 0 Å². The van der Waals surface area contributed by atoms with Crippen LogP contribution in [0.15, 0.2) is 0 Å². The van der Waals surface area contributed by atoms with Crippen LogP contribution in [-0.4, -0.2) is 29.4 Å². The molecule has 0 radical (unpaired) electrons. The maximum Gasteiger partial charge on any atom is 0.239 e. The topological polar surface area (TPSA) is 46.3 Å². The summed E-state index contributed by atoms with van der Waals surface area (Å²) in [7, 11) is 0. The van der Waals surface area contributed by atoms with Crippen molar-refractivity contribution in [2.45, 2.75) is 50.6 Å². The third kappa shape index (κ3) is 1.70. The number of carbonyl (C=O) groups excluding carboxylic acids is 1. The zero-order valence-corrected chi connectivity index (χ0v) is 8.04. The number of hydrogen-bond donors (Lipinski definition) is 1. The minimum atomic E-state index is -0.219. The number of hydrogen-bond acceptors (Lipinski definition) is 2. The first-order valence-electron chi connectivity index (χ1n) is 5.35. The second kappa shape index (κ2) is 3.66. The lowest BCUT2D eigenvalue weighted by Gasteiger charge is -2.35. The summed E-state index contributed by atoms with van der Waals surface area (Å²) in [6, 6.07) is 0.290. The van der Waals surface area contributed by atoms with E-state index in [1.165, 1.54) is 19.3 Å². The largest absolute Gasteiger partial charge is 0.338 e. The van der Waals surface area contributed by atoms with Gasteiger partial charge in [0.05, 0.1) is 6.04 Å². The van der Waals surface area contributed by atoms with Crippen LogP contribution in [0.2, 0.25) is 0 Å². The van der Waals surface area contributed by atoms with E-state index in [1.54, 1.807) is 0 Å². The molecule has 3 heteroatoms. The summed E-state index contributed by atoms with van der Waals surface area (Å²) >= 11 is 0. The Kier molecular flexibility index (Phi) is 2.54. The highest BCUT2D eigenvalue weighted by atomic mass is 16.2. The van der Waals surface area contributed by atoms with E-state index < -0.39 is 0 Å². The van der Waals surface area contributed by atoms with Crippen molar-refractivity contribution in [3.63, 3.8) is 0 Å². The fourth-order valence-corrected chi connectivity index (χ4v) is 2.50. The van der Waals surface area contributed by atoms with Gasteiger partial charge in [-0.2, -0.15) is 0 Å². The molecule has 0 unspecified atom stereocenters. The van der Waals surface area contributed by atoms with Crippen molar-refractivity contribution in [1.29, 1.82) is 0 Å². The van der Waals surface area contributed by atoms with Crippen molar-refractivity contribution in [3.05, 3.63) is 0 Å². The predicted molar refractivity (Wildman–Crippen MR) is 51.2 cm³/mol. The number of nitrogens with zero attached hydrogens (tertiary/aromatic N) is 1. The Hall–Kier alpha value is -0.570. The van der Waals surface area contributed by atoms with Gasteiger partial charge in [0.2, 0.25) is 5.91 Å². The summed E-state index contributed by atoms with van der Waals surface area (Å²) < 4.78 is 0. The normalized spacial score (nSPS) is 35.5. The molecule has 0 aromatic heterocycles. The van der Waals surface area contributed by atoms with Crippen LogP contribution in [0, 0.1) is 0 Å². The van der Waals surface area contributed by atoms with E-state index >= 15 is 0 Å². The maximum absolute atomic E-state index is 11.8. The van der Waals surface area contributed by atoms with E-state index in [0.29, 0.717) is 6.04 Å². The van der Waals surface area contributed by atoms with Gasteiger partial charge in [0.1, 0.15) is 0 Å². The van der Waals surface area contributed by atoms with Gasteiger partial charge in [-0.25, -0.2) is 0 Å². The Morgan fingerprint density at radius 3 is 2.77 bits per heavy atom. The summed E-state index contributed by atoms with van der Waals surface area (Å²) in [6.45, 7) is 0.942. The van der Waals surface area contributed by atoms with Crippen LogP contribution in [0.3, 0.4) is 0 Å². The minimum Gasteiger partial charge on any atom is -0.338 e. The lowest BCUT2D eigenvalue weighted by Crippen LogP contribution is -2.48. The zero-order chi connectivity index (χ0) is 9.26. The minimum absolute atomic E-state index is 0.196. The van der Waals surface area contributed by atoms with Crippen molar-refractivity contribution in [2.24, 2.45) is 5.73 Å². The molecule has 2 atom stereocenters. The summed E-state index contributed by atoms with van der Waals surface area (Å²) in [5.74, 6) is 0.196. The van der Waals surface area contributed by atoms with Crippen LogP contribution in [0.5, 0.6) is 0 Å². The van der Waals surface area contributed by atoms with Gasteiger partial charge in [0.25, 0.3) is 0 Å². The average molecular weight is 182 g/mol. The quantitative estimate of drug-likeness (QED) is 0.604. The maximum atomic E-state index is 11.8. The molecule has 2 heterocycles. The van der Waals surface area contributed by atoms with Gasteiger partial charge < -0.3 is 10.6 Å². The molecule has 2 aliphatic heterocycles. The Bertz CT molecular complexity index is 205. The highest BCUT2D eigenvalue weighted by Gasteiger charge is 2.32. The van der Waals surface area contributed by atoms with Crippen molar-refractivity contribution in [3.8, 4) is 0 Å². The molecule has 2 aliphatic rings. The smallest absolute Gasteiger partial charge is 0.239 e. The number of carbonyl (C=O) groups is 1. The number of piperidine rings is 1. The Labute approximate surface area is 79.3 Å². The van der Waals surface area contributed by atoms with Crippen molar-refractivity contribution < 1.29 is 4.79 Å². The Morgan fingerprint density at radius 1 is 1.15 bits per heavy atom. The molecule has 0 aromatic rings. The Balaban J connectivity index is 2.11. The molecule has 2 rings (SSSR count). The van der Waals surface area contributed by atoms with Gasteiger partial charge in [-0.3, -0.25) is 4.79 Å². The molecule has 3 nitrogen and oxygen atoms in total. The summed E-state index contributed by atoms with van der Waals surface area (Å²) in [6.07, 6.45) is 6.80. The monoisotopic (exact) mass is 182 g/mol. The van der Waals surface area contributed by atoms with Gasteiger partial charge in [0.15, 0.2) is 0 Å². The number of nitrogens with two attached hydrogens (primary N) is 1. The SMILES string of the molecule is N[C@H]1CCC[C@H]2CCCCN2C1=O.